The van der Waals surface area contributed by atoms with Crippen molar-refractivity contribution in [3.63, 3.8) is 0 Å². The van der Waals surface area contributed by atoms with E-state index in [0.717, 1.165) is 18.7 Å². The third-order valence-electron chi connectivity index (χ3n) is 2.78. The lowest BCUT2D eigenvalue weighted by molar-refractivity contribution is 0.462. The lowest BCUT2D eigenvalue weighted by atomic mass is 10.3. The van der Waals surface area contributed by atoms with Crippen LogP contribution in [0.25, 0.3) is 0 Å². The van der Waals surface area contributed by atoms with E-state index in [0.29, 0.717) is 15.8 Å². The van der Waals surface area contributed by atoms with Gasteiger partial charge in [0.25, 0.3) is 5.56 Å². The molecule has 18 heavy (non-hydrogen) atoms. The Labute approximate surface area is 108 Å². The molecular weight excluding hydrogens is 248 g/mol. The highest BCUT2D eigenvalue weighted by Gasteiger charge is 2.26. The van der Waals surface area contributed by atoms with Crippen molar-refractivity contribution in [1.82, 2.24) is 9.97 Å². The molecule has 0 bridgehead atoms. The Bertz CT molecular complexity index is 635. The molecule has 0 aliphatic heterocycles. The molecule has 0 saturated heterocycles. The van der Waals surface area contributed by atoms with Crippen molar-refractivity contribution in [2.75, 3.05) is 0 Å². The van der Waals surface area contributed by atoms with Crippen LogP contribution in [-0.4, -0.2) is 15.1 Å². The van der Waals surface area contributed by atoms with Gasteiger partial charge in [-0.25, -0.2) is 4.98 Å². The number of hydrogen-bond acceptors (Lipinski definition) is 4. The molecule has 5 heteroatoms. The zero-order valence-corrected chi connectivity index (χ0v) is 10.4. The molecule has 0 amide bonds. The van der Waals surface area contributed by atoms with Crippen LogP contribution in [0.3, 0.4) is 0 Å². The summed E-state index contributed by atoms with van der Waals surface area (Å²) in [5, 5.41) is 10.3. The number of phenolic OH excluding ortho intramolecular Hbond substituents is 1. The Morgan fingerprint density at radius 2 is 2.11 bits per heavy atom. The molecule has 4 nitrogen and oxygen atoms in total. The molecule has 1 saturated carbocycles. The molecule has 0 atom stereocenters. The van der Waals surface area contributed by atoms with E-state index in [1.54, 1.807) is 18.2 Å². The summed E-state index contributed by atoms with van der Waals surface area (Å²) in [5.74, 6) is 1.38. The topological polar surface area (TPSA) is 66.0 Å². The van der Waals surface area contributed by atoms with Gasteiger partial charge in [0.2, 0.25) is 0 Å². The zero-order valence-electron chi connectivity index (χ0n) is 9.59. The molecule has 3 rings (SSSR count). The van der Waals surface area contributed by atoms with Crippen LogP contribution in [0.5, 0.6) is 5.75 Å². The third-order valence-corrected chi connectivity index (χ3v) is 3.76. The molecule has 0 unspecified atom stereocenters. The van der Waals surface area contributed by atoms with Crippen LogP contribution in [0.2, 0.25) is 0 Å². The minimum atomic E-state index is -0.134. The highest BCUT2D eigenvalue weighted by atomic mass is 32.2. The maximum atomic E-state index is 11.5. The van der Waals surface area contributed by atoms with Crippen LogP contribution >= 0.6 is 11.8 Å². The number of para-hydroxylation sites is 1. The fourth-order valence-corrected chi connectivity index (χ4v) is 2.57. The number of H-pyrrole nitrogens is 1. The number of aromatic hydroxyl groups is 1. The van der Waals surface area contributed by atoms with Gasteiger partial charge in [-0.05, 0) is 25.0 Å². The summed E-state index contributed by atoms with van der Waals surface area (Å²) >= 11 is 1.31. The summed E-state index contributed by atoms with van der Waals surface area (Å²) in [4.78, 5) is 19.4. The standard InChI is InChI=1S/C13H12N2O2S/c16-9-3-1-2-4-10(9)18-12-7-11(17)14-13(15-12)8-5-6-8/h1-4,7-8,16H,5-6H2,(H,14,15,17). The van der Waals surface area contributed by atoms with Gasteiger partial charge in [-0.2, -0.15) is 0 Å². The molecule has 1 aliphatic carbocycles. The third kappa shape index (κ3) is 2.41. The Balaban J connectivity index is 1.93. The first-order valence-electron chi connectivity index (χ1n) is 5.79. The SMILES string of the molecule is O=c1cc(Sc2ccccc2O)nc(C2CC2)[nH]1. The van der Waals surface area contributed by atoms with Crippen molar-refractivity contribution >= 4 is 11.8 Å². The van der Waals surface area contributed by atoms with Crippen LogP contribution in [-0.2, 0) is 0 Å². The van der Waals surface area contributed by atoms with Crippen LogP contribution in [0.4, 0.5) is 0 Å². The van der Waals surface area contributed by atoms with Gasteiger partial charge in [-0.15, -0.1) is 0 Å². The highest BCUT2D eigenvalue weighted by Crippen LogP contribution is 2.39. The monoisotopic (exact) mass is 260 g/mol. The average Bonchev–Trinajstić information content (AvgIpc) is 3.15. The lowest BCUT2D eigenvalue weighted by Gasteiger charge is -2.04. The first-order valence-corrected chi connectivity index (χ1v) is 6.61. The van der Waals surface area contributed by atoms with Gasteiger partial charge in [-0.1, -0.05) is 23.9 Å². The predicted molar refractivity (Wildman–Crippen MR) is 69.1 cm³/mol. The number of aromatic nitrogens is 2. The Morgan fingerprint density at radius 3 is 2.83 bits per heavy atom. The van der Waals surface area contributed by atoms with Crippen LogP contribution in [0, 0.1) is 0 Å². The molecule has 2 N–H and O–H groups in total. The maximum Gasteiger partial charge on any atom is 0.252 e. The summed E-state index contributed by atoms with van der Waals surface area (Å²) in [6, 6.07) is 8.50. The van der Waals surface area contributed by atoms with E-state index in [-0.39, 0.29) is 11.3 Å². The van der Waals surface area contributed by atoms with E-state index in [9.17, 15) is 9.90 Å². The number of nitrogens with one attached hydrogen (secondary N) is 1. The number of aromatic amines is 1. The Morgan fingerprint density at radius 1 is 1.33 bits per heavy atom. The van der Waals surface area contributed by atoms with E-state index >= 15 is 0 Å². The number of phenols is 1. The molecule has 1 heterocycles. The van der Waals surface area contributed by atoms with Crippen molar-refractivity contribution in [3.05, 3.63) is 46.5 Å². The molecule has 1 aliphatic rings. The smallest absolute Gasteiger partial charge is 0.252 e. The second-order valence-electron chi connectivity index (χ2n) is 4.31. The molecule has 0 radical (unpaired) electrons. The molecule has 1 fully saturated rings. The highest BCUT2D eigenvalue weighted by molar-refractivity contribution is 7.99. The number of benzene rings is 1. The summed E-state index contributed by atoms with van der Waals surface area (Å²) in [7, 11) is 0. The Kier molecular flexibility index (Phi) is 2.83. The lowest BCUT2D eigenvalue weighted by Crippen LogP contribution is -2.09. The van der Waals surface area contributed by atoms with Crippen molar-refractivity contribution in [2.45, 2.75) is 28.7 Å². The zero-order chi connectivity index (χ0) is 12.5. The summed E-state index contributed by atoms with van der Waals surface area (Å²) in [6.45, 7) is 0. The molecule has 1 aromatic heterocycles. The van der Waals surface area contributed by atoms with Crippen LogP contribution < -0.4 is 5.56 Å². The molecule has 0 spiro atoms. The Hall–Kier alpha value is -1.75. The van der Waals surface area contributed by atoms with Gasteiger partial charge < -0.3 is 10.1 Å². The number of nitrogens with zero attached hydrogens (tertiary/aromatic N) is 1. The van der Waals surface area contributed by atoms with Gasteiger partial charge in [0.05, 0.1) is 4.90 Å². The summed E-state index contributed by atoms with van der Waals surface area (Å²) in [6.07, 6.45) is 2.18. The van der Waals surface area contributed by atoms with Crippen molar-refractivity contribution in [2.24, 2.45) is 0 Å². The normalized spacial score (nSPS) is 14.7. The van der Waals surface area contributed by atoms with Crippen LogP contribution in [0.15, 0.2) is 45.0 Å². The average molecular weight is 260 g/mol. The van der Waals surface area contributed by atoms with Gasteiger partial charge in [0.1, 0.15) is 16.6 Å². The quantitative estimate of drug-likeness (QED) is 0.832. The van der Waals surface area contributed by atoms with Crippen molar-refractivity contribution in [3.8, 4) is 5.75 Å². The largest absolute Gasteiger partial charge is 0.507 e. The fourth-order valence-electron chi connectivity index (χ4n) is 1.71. The van der Waals surface area contributed by atoms with Gasteiger partial charge >= 0.3 is 0 Å². The van der Waals surface area contributed by atoms with Gasteiger partial charge in [-0.3, -0.25) is 4.79 Å². The number of rotatable bonds is 3. The number of hydrogen-bond donors (Lipinski definition) is 2. The minimum absolute atomic E-state index is 0.134. The van der Waals surface area contributed by atoms with Gasteiger partial charge in [0, 0.05) is 12.0 Å². The van der Waals surface area contributed by atoms with E-state index in [2.05, 4.69) is 9.97 Å². The minimum Gasteiger partial charge on any atom is -0.507 e. The van der Waals surface area contributed by atoms with Crippen molar-refractivity contribution < 1.29 is 5.11 Å². The predicted octanol–water partition coefficient (Wildman–Crippen LogP) is 2.50. The van der Waals surface area contributed by atoms with E-state index in [4.69, 9.17) is 0 Å². The van der Waals surface area contributed by atoms with Crippen LogP contribution in [0.1, 0.15) is 24.6 Å². The molecule has 1 aromatic carbocycles. The maximum absolute atomic E-state index is 11.5. The molecule has 2 aromatic rings. The first kappa shape index (κ1) is 11.3. The molecule has 92 valence electrons. The van der Waals surface area contributed by atoms with E-state index in [1.807, 2.05) is 6.07 Å². The van der Waals surface area contributed by atoms with Gasteiger partial charge in [0.15, 0.2) is 0 Å². The first-order chi connectivity index (χ1) is 8.72. The second-order valence-corrected chi connectivity index (χ2v) is 5.38. The van der Waals surface area contributed by atoms with Crippen molar-refractivity contribution in [1.29, 1.82) is 0 Å². The molecular formula is C13H12N2O2S. The van der Waals surface area contributed by atoms with E-state index < -0.39 is 0 Å². The fraction of sp³-hybridized carbons (Fsp3) is 0.231. The van der Waals surface area contributed by atoms with E-state index in [1.165, 1.54) is 17.8 Å². The summed E-state index contributed by atoms with van der Waals surface area (Å²) in [5.41, 5.74) is -0.134. The summed E-state index contributed by atoms with van der Waals surface area (Å²) < 4.78 is 0. The second kappa shape index (κ2) is 4.49.